The first-order valence-electron chi connectivity index (χ1n) is 15.7. The third kappa shape index (κ3) is 3.97. The largest absolute Gasteiger partial charge is 0.508 e. The SMILES string of the molecule is Oc1cc(-c2nc3c4c(nc(CCC56CCCN5CCC6)nc4c2F)N2CC4CCC(N4)C2CO3)c2c(Cl)cccc2c1. The summed E-state index contributed by atoms with van der Waals surface area (Å²) < 4.78 is 23.4. The molecule has 5 aliphatic rings. The number of benzene rings is 2. The standard InChI is InChI=1S/C33H34ClFN6O2/c34-22-5-1-4-18-14-20(42)15-21(26(18)22)29-28(35)30-27-31(38-25(37-30)8-11-33-9-2-12-40(33)13-3-10-33)41-16-19-6-7-23(36-19)24(41)17-43-32(27)39-29/h1,4-5,14-15,19,23-24,36,42H,2-3,6-13,16-17H2. The molecule has 8 nitrogen and oxygen atoms in total. The number of phenolic OH excluding ortho intramolecular Hbond substituents is 1. The van der Waals surface area contributed by atoms with E-state index in [1.165, 1.54) is 44.8 Å². The van der Waals surface area contributed by atoms with Crippen molar-refractivity contribution in [2.75, 3.05) is 31.1 Å². The summed E-state index contributed by atoms with van der Waals surface area (Å²) in [6, 6.07) is 9.31. The van der Waals surface area contributed by atoms with E-state index in [0.717, 1.165) is 31.6 Å². The second-order valence-corrected chi connectivity index (χ2v) is 13.5. The summed E-state index contributed by atoms with van der Waals surface area (Å²) in [5.41, 5.74) is 0.928. The Morgan fingerprint density at radius 2 is 1.95 bits per heavy atom. The lowest BCUT2D eigenvalue weighted by Gasteiger charge is -2.40. The molecule has 0 amide bonds. The van der Waals surface area contributed by atoms with Crippen molar-refractivity contribution < 1.29 is 14.2 Å². The van der Waals surface area contributed by atoms with Crippen LogP contribution < -0.4 is 15.0 Å². The lowest BCUT2D eigenvalue weighted by atomic mass is 9.88. The Morgan fingerprint density at radius 3 is 2.81 bits per heavy atom. The van der Waals surface area contributed by atoms with Gasteiger partial charge in [-0.2, -0.15) is 0 Å². The fourth-order valence-corrected chi connectivity index (χ4v) is 9.09. The molecule has 10 heteroatoms. The molecule has 3 unspecified atom stereocenters. The number of pyridine rings is 1. The Bertz CT molecular complexity index is 1790. The van der Waals surface area contributed by atoms with Gasteiger partial charge in [0.05, 0.1) is 6.04 Å². The van der Waals surface area contributed by atoms with Gasteiger partial charge in [-0.05, 0) is 81.6 Å². The van der Waals surface area contributed by atoms with E-state index in [0.29, 0.717) is 57.5 Å². The molecule has 0 saturated carbocycles. The van der Waals surface area contributed by atoms with Gasteiger partial charge in [-0.25, -0.2) is 19.3 Å². The van der Waals surface area contributed by atoms with Crippen molar-refractivity contribution in [3.05, 3.63) is 47.0 Å². The van der Waals surface area contributed by atoms with Crippen LogP contribution in [0.5, 0.6) is 11.6 Å². The lowest BCUT2D eigenvalue weighted by molar-refractivity contribution is 0.181. The predicted molar refractivity (Wildman–Crippen MR) is 165 cm³/mol. The van der Waals surface area contributed by atoms with Gasteiger partial charge >= 0.3 is 0 Å². The number of fused-ring (bicyclic) bond motifs is 7. The topological polar surface area (TPSA) is 86.6 Å². The minimum atomic E-state index is -0.544. The third-order valence-corrected chi connectivity index (χ3v) is 11.1. The van der Waals surface area contributed by atoms with Crippen LogP contribution in [0.25, 0.3) is 32.9 Å². The number of ether oxygens (including phenoxy) is 1. The average molecular weight is 601 g/mol. The van der Waals surface area contributed by atoms with Crippen LogP contribution in [0.4, 0.5) is 10.2 Å². The zero-order valence-corrected chi connectivity index (χ0v) is 24.7. The number of halogens is 2. The molecule has 43 heavy (non-hydrogen) atoms. The summed E-state index contributed by atoms with van der Waals surface area (Å²) in [5.74, 6) is 1.20. The molecule has 4 saturated heterocycles. The molecule has 4 fully saturated rings. The van der Waals surface area contributed by atoms with Crippen molar-refractivity contribution in [2.45, 2.75) is 75.0 Å². The van der Waals surface area contributed by atoms with Crippen LogP contribution in [-0.4, -0.2) is 74.9 Å². The molecule has 7 heterocycles. The highest BCUT2D eigenvalue weighted by Gasteiger charge is 2.45. The quantitative estimate of drug-likeness (QED) is 0.313. The van der Waals surface area contributed by atoms with Crippen LogP contribution in [0.2, 0.25) is 5.02 Å². The van der Waals surface area contributed by atoms with Crippen LogP contribution in [0.15, 0.2) is 30.3 Å². The Kier molecular flexibility index (Phi) is 5.85. The van der Waals surface area contributed by atoms with Gasteiger partial charge in [-0.1, -0.05) is 23.7 Å². The highest BCUT2D eigenvalue weighted by atomic mass is 35.5. The van der Waals surface area contributed by atoms with Gasteiger partial charge in [0, 0.05) is 46.6 Å². The number of aromatic nitrogens is 3. The minimum Gasteiger partial charge on any atom is -0.508 e. The number of rotatable bonds is 4. The van der Waals surface area contributed by atoms with Gasteiger partial charge < -0.3 is 20.1 Å². The average Bonchev–Trinajstić information content (AvgIpc) is 3.67. The van der Waals surface area contributed by atoms with E-state index in [2.05, 4.69) is 15.1 Å². The number of piperazine rings is 1. The van der Waals surface area contributed by atoms with Crippen molar-refractivity contribution in [2.24, 2.45) is 0 Å². The van der Waals surface area contributed by atoms with Gasteiger partial charge in [0.15, 0.2) is 5.82 Å². The highest BCUT2D eigenvalue weighted by Crippen LogP contribution is 2.46. The van der Waals surface area contributed by atoms with Crippen LogP contribution in [-0.2, 0) is 6.42 Å². The molecule has 2 N–H and O–H groups in total. The van der Waals surface area contributed by atoms with Gasteiger partial charge in [-0.15, -0.1) is 0 Å². The van der Waals surface area contributed by atoms with Crippen molar-refractivity contribution in [3.8, 4) is 22.9 Å². The number of nitrogens with one attached hydrogen (secondary N) is 1. The van der Waals surface area contributed by atoms with Crippen LogP contribution in [0, 0.1) is 5.82 Å². The molecule has 3 atom stereocenters. The first kappa shape index (κ1) is 26.2. The minimum absolute atomic E-state index is 0.0121. The summed E-state index contributed by atoms with van der Waals surface area (Å²) in [6.45, 7) is 3.55. The summed E-state index contributed by atoms with van der Waals surface area (Å²) >= 11 is 6.66. The first-order chi connectivity index (χ1) is 21.0. The van der Waals surface area contributed by atoms with E-state index in [9.17, 15) is 5.11 Å². The Balaban J connectivity index is 1.24. The van der Waals surface area contributed by atoms with Crippen molar-refractivity contribution in [1.29, 1.82) is 0 Å². The van der Waals surface area contributed by atoms with E-state index >= 15 is 4.39 Å². The van der Waals surface area contributed by atoms with E-state index in [-0.39, 0.29) is 34.6 Å². The Morgan fingerprint density at radius 1 is 1.09 bits per heavy atom. The molecule has 5 aliphatic heterocycles. The third-order valence-electron chi connectivity index (χ3n) is 10.8. The molecule has 2 aromatic carbocycles. The molecule has 222 valence electrons. The molecule has 2 bridgehead atoms. The number of anilines is 1. The van der Waals surface area contributed by atoms with Gasteiger partial charge in [-0.3, -0.25) is 4.90 Å². The number of aryl methyl sites for hydroxylation is 1. The molecule has 2 aromatic heterocycles. The zero-order chi connectivity index (χ0) is 28.9. The highest BCUT2D eigenvalue weighted by molar-refractivity contribution is 6.36. The van der Waals surface area contributed by atoms with Crippen LogP contribution in [0.3, 0.4) is 0 Å². The summed E-state index contributed by atoms with van der Waals surface area (Å²) in [5, 5.41) is 16.7. The first-order valence-corrected chi connectivity index (χ1v) is 16.1. The van der Waals surface area contributed by atoms with Crippen LogP contribution in [0.1, 0.15) is 50.8 Å². The van der Waals surface area contributed by atoms with E-state index in [1.54, 1.807) is 12.1 Å². The summed E-state index contributed by atoms with van der Waals surface area (Å²) in [4.78, 5) is 19.9. The molecule has 0 radical (unpaired) electrons. The normalized spacial score (nSPS) is 25.6. The second kappa shape index (κ2) is 9.61. The fraction of sp³-hybridized carbons (Fsp3) is 0.485. The maximum Gasteiger partial charge on any atom is 0.227 e. The zero-order valence-electron chi connectivity index (χ0n) is 24.0. The molecule has 9 rings (SSSR count). The molecule has 0 spiro atoms. The summed E-state index contributed by atoms with van der Waals surface area (Å²) in [7, 11) is 0. The number of phenols is 1. The van der Waals surface area contributed by atoms with E-state index in [1.807, 2.05) is 12.1 Å². The van der Waals surface area contributed by atoms with Crippen molar-refractivity contribution in [3.63, 3.8) is 0 Å². The number of hydrogen-bond donors (Lipinski definition) is 2. The van der Waals surface area contributed by atoms with E-state index < -0.39 is 5.82 Å². The summed E-state index contributed by atoms with van der Waals surface area (Å²) in [6.07, 6.45) is 8.75. The van der Waals surface area contributed by atoms with Crippen molar-refractivity contribution in [1.82, 2.24) is 25.2 Å². The van der Waals surface area contributed by atoms with Gasteiger partial charge in [0.2, 0.25) is 5.88 Å². The number of hydrogen-bond acceptors (Lipinski definition) is 8. The Labute approximate surface area is 254 Å². The van der Waals surface area contributed by atoms with Gasteiger partial charge in [0.25, 0.3) is 0 Å². The smallest absolute Gasteiger partial charge is 0.227 e. The molecule has 4 aromatic rings. The maximum atomic E-state index is 17.0. The maximum absolute atomic E-state index is 17.0. The van der Waals surface area contributed by atoms with Crippen molar-refractivity contribution >= 4 is 39.1 Å². The predicted octanol–water partition coefficient (Wildman–Crippen LogP) is 5.61. The number of nitrogens with zero attached hydrogens (tertiary/aromatic N) is 5. The monoisotopic (exact) mass is 600 g/mol. The molecular formula is C33H34ClFN6O2. The van der Waals surface area contributed by atoms with Crippen LogP contribution >= 0.6 is 11.6 Å². The second-order valence-electron chi connectivity index (χ2n) is 13.1. The fourth-order valence-electron chi connectivity index (χ4n) is 8.80. The van der Waals surface area contributed by atoms with Gasteiger partial charge in [0.1, 0.15) is 40.6 Å². The lowest BCUT2D eigenvalue weighted by Crippen LogP contribution is -2.60. The molecule has 0 aliphatic carbocycles. The number of aromatic hydroxyl groups is 1. The van der Waals surface area contributed by atoms with E-state index in [4.69, 9.17) is 31.3 Å². The Hall–Kier alpha value is -3.27. The molecular weight excluding hydrogens is 567 g/mol.